The Morgan fingerprint density at radius 2 is 2.25 bits per heavy atom. The molecule has 4 nitrogen and oxygen atoms in total. The summed E-state index contributed by atoms with van der Waals surface area (Å²) in [6.45, 7) is 8.80. The van der Waals surface area contributed by atoms with Gasteiger partial charge < -0.3 is 15.8 Å². The zero-order chi connectivity index (χ0) is 12.3. The van der Waals surface area contributed by atoms with Crippen molar-refractivity contribution in [2.75, 3.05) is 6.61 Å². The van der Waals surface area contributed by atoms with Gasteiger partial charge in [0.25, 0.3) is 0 Å². The van der Waals surface area contributed by atoms with Crippen LogP contribution in [0.2, 0.25) is 0 Å². The van der Waals surface area contributed by atoms with E-state index in [9.17, 15) is 4.79 Å². The van der Waals surface area contributed by atoms with Crippen LogP contribution in [-0.2, 0) is 9.53 Å². The molecule has 3 unspecified atom stereocenters. The van der Waals surface area contributed by atoms with Crippen molar-refractivity contribution in [3.8, 4) is 0 Å². The Hall–Kier alpha value is -0.610. The summed E-state index contributed by atoms with van der Waals surface area (Å²) in [6, 6.07) is -0.0683. The Morgan fingerprint density at radius 3 is 2.69 bits per heavy atom. The Morgan fingerprint density at radius 1 is 1.62 bits per heavy atom. The second-order valence-electron chi connectivity index (χ2n) is 5.34. The zero-order valence-electron chi connectivity index (χ0n) is 10.7. The fraction of sp³-hybridized carbons (Fsp3) is 0.917. The quantitative estimate of drug-likeness (QED) is 0.755. The first kappa shape index (κ1) is 13.5. The Bertz CT molecular complexity index is 255. The van der Waals surface area contributed by atoms with Crippen LogP contribution in [0.25, 0.3) is 0 Å². The van der Waals surface area contributed by atoms with E-state index in [0.29, 0.717) is 18.9 Å². The zero-order valence-corrected chi connectivity index (χ0v) is 10.7. The topological polar surface area (TPSA) is 64.4 Å². The van der Waals surface area contributed by atoms with Gasteiger partial charge in [-0.2, -0.15) is 0 Å². The minimum Gasteiger partial charge on any atom is -0.376 e. The molecule has 1 fully saturated rings. The van der Waals surface area contributed by atoms with Crippen LogP contribution in [0.3, 0.4) is 0 Å². The lowest BCUT2D eigenvalue weighted by Gasteiger charge is -2.29. The van der Waals surface area contributed by atoms with Gasteiger partial charge in [0.05, 0.1) is 11.6 Å². The SMILES string of the molecule is CC(C)C(N)CC(=O)NC1(C)CCOC1C. The van der Waals surface area contributed by atoms with Crippen LogP contribution in [0.1, 0.15) is 40.5 Å². The van der Waals surface area contributed by atoms with Crippen LogP contribution in [-0.4, -0.2) is 30.2 Å². The summed E-state index contributed by atoms with van der Waals surface area (Å²) in [4.78, 5) is 11.8. The van der Waals surface area contributed by atoms with Gasteiger partial charge in [0.1, 0.15) is 0 Å². The predicted molar refractivity (Wildman–Crippen MR) is 64.0 cm³/mol. The minimum absolute atomic E-state index is 0.0288. The summed E-state index contributed by atoms with van der Waals surface area (Å²) in [5, 5.41) is 3.05. The van der Waals surface area contributed by atoms with E-state index >= 15 is 0 Å². The summed E-state index contributed by atoms with van der Waals surface area (Å²) < 4.78 is 5.48. The Labute approximate surface area is 97.9 Å². The van der Waals surface area contributed by atoms with E-state index in [-0.39, 0.29) is 23.6 Å². The summed E-state index contributed by atoms with van der Waals surface area (Å²) in [5.74, 6) is 0.358. The average Bonchev–Trinajstić information content (AvgIpc) is 2.46. The molecule has 3 N–H and O–H groups in total. The molecule has 0 bridgehead atoms. The van der Waals surface area contributed by atoms with Crippen molar-refractivity contribution in [3.63, 3.8) is 0 Å². The van der Waals surface area contributed by atoms with Crippen molar-refractivity contribution in [2.24, 2.45) is 11.7 Å². The molecule has 0 saturated carbocycles. The van der Waals surface area contributed by atoms with Crippen molar-refractivity contribution < 1.29 is 9.53 Å². The summed E-state index contributed by atoms with van der Waals surface area (Å²) >= 11 is 0. The van der Waals surface area contributed by atoms with Crippen LogP contribution in [0.4, 0.5) is 0 Å². The van der Waals surface area contributed by atoms with Gasteiger partial charge in [-0.15, -0.1) is 0 Å². The molecule has 0 aromatic heterocycles. The van der Waals surface area contributed by atoms with Gasteiger partial charge in [-0.05, 0) is 26.2 Å². The first-order valence-corrected chi connectivity index (χ1v) is 6.03. The molecular weight excluding hydrogens is 204 g/mol. The van der Waals surface area contributed by atoms with Gasteiger partial charge in [-0.25, -0.2) is 0 Å². The molecule has 1 aliphatic rings. The average molecular weight is 228 g/mol. The summed E-state index contributed by atoms with van der Waals surface area (Å²) in [6.07, 6.45) is 1.34. The molecule has 1 saturated heterocycles. The van der Waals surface area contributed by atoms with Gasteiger partial charge in [-0.3, -0.25) is 4.79 Å². The van der Waals surface area contributed by atoms with Crippen LogP contribution < -0.4 is 11.1 Å². The number of rotatable bonds is 4. The standard InChI is InChI=1S/C12H24N2O2/c1-8(2)10(13)7-11(15)14-12(4)5-6-16-9(12)3/h8-10H,5-7,13H2,1-4H3,(H,14,15). The molecule has 0 radical (unpaired) electrons. The molecule has 0 aromatic carbocycles. The molecule has 0 aromatic rings. The van der Waals surface area contributed by atoms with Gasteiger partial charge >= 0.3 is 0 Å². The number of carbonyl (C=O) groups excluding carboxylic acids is 1. The highest BCUT2D eigenvalue weighted by molar-refractivity contribution is 5.77. The maximum Gasteiger partial charge on any atom is 0.222 e. The largest absolute Gasteiger partial charge is 0.376 e. The maximum atomic E-state index is 11.8. The molecule has 3 atom stereocenters. The number of hydrogen-bond acceptors (Lipinski definition) is 3. The highest BCUT2D eigenvalue weighted by Gasteiger charge is 2.38. The van der Waals surface area contributed by atoms with Gasteiger partial charge in [0, 0.05) is 19.1 Å². The lowest BCUT2D eigenvalue weighted by molar-refractivity contribution is -0.124. The fourth-order valence-electron chi connectivity index (χ4n) is 1.82. The molecule has 16 heavy (non-hydrogen) atoms. The van der Waals surface area contributed by atoms with Gasteiger partial charge in [0.2, 0.25) is 5.91 Å². The number of nitrogens with two attached hydrogens (primary N) is 1. The Balaban J connectivity index is 2.45. The number of ether oxygens (including phenoxy) is 1. The van der Waals surface area contributed by atoms with Crippen LogP contribution in [0.5, 0.6) is 0 Å². The highest BCUT2D eigenvalue weighted by atomic mass is 16.5. The summed E-state index contributed by atoms with van der Waals surface area (Å²) in [7, 11) is 0. The molecule has 0 aliphatic carbocycles. The first-order chi connectivity index (χ1) is 7.35. The van der Waals surface area contributed by atoms with E-state index < -0.39 is 0 Å². The van der Waals surface area contributed by atoms with Crippen molar-refractivity contribution in [3.05, 3.63) is 0 Å². The Kier molecular flexibility index (Phi) is 4.33. The van der Waals surface area contributed by atoms with E-state index in [4.69, 9.17) is 10.5 Å². The molecule has 94 valence electrons. The van der Waals surface area contributed by atoms with E-state index in [1.165, 1.54) is 0 Å². The smallest absolute Gasteiger partial charge is 0.222 e. The molecule has 1 aliphatic heterocycles. The van der Waals surface area contributed by atoms with E-state index in [1.54, 1.807) is 0 Å². The summed E-state index contributed by atoms with van der Waals surface area (Å²) in [5.41, 5.74) is 5.65. The van der Waals surface area contributed by atoms with Crippen LogP contribution >= 0.6 is 0 Å². The van der Waals surface area contributed by atoms with E-state index in [0.717, 1.165) is 6.42 Å². The molecule has 1 amide bonds. The third-order valence-electron chi connectivity index (χ3n) is 3.59. The van der Waals surface area contributed by atoms with Crippen LogP contribution in [0.15, 0.2) is 0 Å². The van der Waals surface area contributed by atoms with E-state index in [1.807, 2.05) is 27.7 Å². The fourth-order valence-corrected chi connectivity index (χ4v) is 1.82. The van der Waals surface area contributed by atoms with Crippen LogP contribution in [0, 0.1) is 5.92 Å². The number of nitrogens with one attached hydrogen (secondary N) is 1. The second kappa shape index (κ2) is 5.15. The lowest BCUT2D eigenvalue weighted by Crippen LogP contribution is -2.51. The van der Waals surface area contributed by atoms with E-state index in [2.05, 4.69) is 5.32 Å². The predicted octanol–water partition coefficient (Wildman–Crippen LogP) is 1.04. The second-order valence-corrected chi connectivity index (χ2v) is 5.34. The molecule has 1 rings (SSSR count). The van der Waals surface area contributed by atoms with Gasteiger partial charge in [0.15, 0.2) is 0 Å². The van der Waals surface area contributed by atoms with Crippen molar-refractivity contribution in [1.82, 2.24) is 5.32 Å². The highest BCUT2D eigenvalue weighted by Crippen LogP contribution is 2.25. The number of carbonyl (C=O) groups is 1. The lowest BCUT2D eigenvalue weighted by atomic mass is 9.93. The molecule has 0 spiro atoms. The number of amides is 1. The normalized spacial score (nSPS) is 31.8. The molecule has 1 heterocycles. The molecular formula is C12H24N2O2. The van der Waals surface area contributed by atoms with Gasteiger partial charge in [-0.1, -0.05) is 13.8 Å². The van der Waals surface area contributed by atoms with Crippen molar-refractivity contribution >= 4 is 5.91 Å². The minimum atomic E-state index is -0.228. The monoisotopic (exact) mass is 228 g/mol. The third-order valence-corrected chi connectivity index (χ3v) is 3.59. The number of hydrogen-bond donors (Lipinski definition) is 2. The third kappa shape index (κ3) is 3.19. The van der Waals surface area contributed by atoms with Crippen molar-refractivity contribution in [1.29, 1.82) is 0 Å². The van der Waals surface area contributed by atoms with Crippen molar-refractivity contribution in [2.45, 2.75) is 58.2 Å². The maximum absolute atomic E-state index is 11.8. The molecule has 4 heteroatoms. The first-order valence-electron chi connectivity index (χ1n) is 6.03.